The number of hydrogen-bond donors (Lipinski definition) is 0. The molecular formula is C25H35NO2. The van der Waals surface area contributed by atoms with Crippen LogP contribution in [0.3, 0.4) is 0 Å². The highest BCUT2D eigenvalue weighted by Gasteiger charge is 2.34. The molecule has 2 aromatic carbocycles. The average molecular weight is 382 g/mol. The number of esters is 1. The Morgan fingerprint density at radius 2 is 1.50 bits per heavy atom. The molecule has 3 nitrogen and oxygen atoms in total. The summed E-state index contributed by atoms with van der Waals surface area (Å²) in [5.74, 6) is -0.336. The molecule has 0 N–H and O–H groups in total. The minimum atomic E-state index is -0.473. The maximum Gasteiger partial charge on any atom is 0.310 e. The monoisotopic (exact) mass is 381 g/mol. The van der Waals surface area contributed by atoms with Crippen LogP contribution in [0.5, 0.6) is 0 Å². The van der Waals surface area contributed by atoms with E-state index in [1.165, 1.54) is 11.1 Å². The van der Waals surface area contributed by atoms with E-state index in [4.69, 9.17) is 4.74 Å². The zero-order valence-corrected chi connectivity index (χ0v) is 18.2. The molecule has 0 aliphatic carbocycles. The molecule has 0 unspecified atom stereocenters. The smallest absolute Gasteiger partial charge is 0.310 e. The molecule has 2 aromatic rings. The minimum absolute atomic E-state index is 0.0882. The van der Waals surface area contributed by atoms with Gasteiger partial charge in [-0.1, -0.05) is 74.5 Å². The molecule has 0 heterocycles. The van der Waals surface area contributed by atoms with Crippen molar-refractivity contribution in [2.24, 2.45) is 5.92 Å². The van der Waals surface area contributed by atoms with Crippen LogP contribution in [0.15, 0.2) is 60.7 Å². The first-order chi connectivity index (χ1) is 13.2. The predicted molar refractivity (Wildman–Crippen MR) is 116 cm³/mol. The van der Waals surface area contributed by atoms with Crippen LogP contribution in [0, 0.1) is 5.92 Å². The largest absolute Gasteiger partial charge is 0.460 e. The Morgan fingerprint density at radius 3 is 2.00 bits per heavy atom. The topological polar surface area (TPSA) is 29.5 Å². The third-order valence-electron chi connectivity index (χ3n) is 5.19. The van der Waals surface area contributed by atoms with Crippen molar-refractivity contribution < 1.29 is 9.53 Å². The summed E-state index contributed by atoms with van der Waals surface area (Å²) in [6.45, 7) is 12.9. The first-order valence-corrected chi connectivity index (χ1v) is 10.3. The predicted octanol–water partition coefficient (Wildman–Crippen LogP) is 6.01. The van der Waals surface area contributed by atoms with Gasteiger partial charge in [-0.2, -0.15) is 0 Å². The van der Waals surface area contributed by atoms with Gasteiger partial charge in [0.15, 0.2) is 0 Å². The number of carbonyl (C=O) groups is 1. The molecule has 0 aliphatic rings. The second-order valence-corrected chi connectivity index (χ2v) is 8.54. The Balaban J connectivity index is 2.33. The van der Waals surface area contributed by atoms with Crippen molar-refractivity contribution in [3.63, 3.8) is 0 Å². The third kappa shape index (κ3) is 6.20. The quantitative estimate of drug-likeness (QED) is 0.525. The highest BCUT2D eigenvalue weighted by molar-refractivity contribution is 5.73. The lowest BCUT2D eigenvalue weighted by atomic mass is 9.93. The fraction of sp³-hybridized carbons (Fsp3) is 0.480. The molecule has 0 aliphatic heterocycles. The van der Waals surface area contributed by atoms with Gasteiger partial charge >= 0.3 is 5.97 Å². The van der Waals surface area contributed by atoms with Gasteiger partial charge in [0, 0.05) is 18.6 Å². The van der Waals surface area contributed by atoms with Gasteiger partial charge in [0.1, 0.15) is 5.60 Å². The van der Waals surface area contributed by atoms with Crippen LogP contribution in [-0.4, -0.2) is 22.5 Å². The van der Waals surface area contributed by atoms with Gasteiger partial charge in [-0.05, 0) is 45.2 Å². The lowest BCUT2D eigenvalue weighted by Gasteiger charge is -2.39. The molecule has 0 amide bonds. The molecule has 0 aromatic heterocycles. The van der Waals surface area contributed by atoms with Crippen LogP contribution in [0.2, 0.25) is 0 Å². The van der Waals surface area contributed by atoms with Gasteiger partial charge in [-0.15, -0.1) is 0 Å². The fourth-order valence-electron chi connectivity index (χ4n) is 3.69. The van der Waals surface area contributed by atoms with E-state index in [9.17, 15) is 4.79 Å². The number of rotatable bonds is 8. The molecule has 28 heavy (non-hydrogen) atoms. The highest BCUT2D eigenvalue weighted by Crippen LogP contribution is 2.30. The molecule has 0 saturated carbocycles. The summed E-state index contributed by atoms with van der Waals surface area (Å²) in [5.41, 5.74) is 2.03. The van der Waals surface area contributed by atoms with Crippen molar-refractivity contribution in [2.45, 2.75) is 72.2 Å². The van der Waals surface area contributed by atoms with E-state index in [0.29, 0.717) is 0 Å². The zero-order valence-electron chi connectivity index (χ0n) is 18.2. The molecule has 2 rings (SSSR count). The van der Waals surface area contributed by atoms with Crippen molar-refractivity contribution in [1.82, 2.24) is 4.90 Å². The number of benzene rings is 2. The van der Waals surface area contributed by atoms with Crippen LogP contribution in [0.4, 0.5) is 0 Å². The van der Waals surface area contributed by atoms with E-state index in [2.05, 4.69) is 67.3 Å². The summed E-state index contributed by atoms with van der Waals surface area (Å²) in [5, 5.41) is 0. The van der Waals surface area contributed by atoms with Crippen LogP contribution in [0.1, 0.15) is 65.1 Å². The summed E-state index contributed by atoms with van der Waals surface area (Å²) >= 11 is 0. The lowest BCUT2D eigenvalue weighted by Crippen LogP contribution is -2.44. The van der Waals surface area contributed by atoms with E-state index in [0.717, 1.165) is 13.0 Å². The van der Waals surface area contributed by atoms with E-state index in [1.54, 1.807) is 0 Å². The van der Waals surface area contributed by atoms with Crippen LogP contribution in [0.25, 0.3) is 0 Å². The average Bonchev–Trinajstić information content (AvgIpc) is 2.67. The number of hydrogen-bond acceptors (Lipinski definition) is 3. The van der Waals surface area contributed by atoms with Gasteiger partial charge in [-0.3, -0.25) is 9.69 Å². The van der Waals surface area contributed by atoms with Gasteiger partial charge in [0.25, 0.3) is 0 Å². The summed E-state index contributed by atoms with van der Waals surface area (Å²) in [4.78, 5) is 15.3. The molecule has 0 radical (unpaired) electrons. The Kier molecular flexibility index (Phi) is 7.82. The van der Waals surface area contributed by atoms with Crippen molar-refractivity contribution >= 4 is 5.97 Å². The van der Waals surface area contributed by atoms with Gasteiger partial charge in [0.2, 0.25) is 0 Å². The molecule has 0 saturated heterocycles. The van der Waals surface area contributed by atoms with Crippen molar-refractivity contribution in [2.75, 3.05) is 0 Å². The SMILES string of the molecule is CC[C@H]([C@@H](C)C(=O)OC(C)(C)C)N(Cc1ccccc1)[C@H](C)c1ccccc1. The summed E-state index contributed by atoms with van der Waals surface area (Å²) in [6.07, 6.45) is 0.879. The first-order valence-electron chi connectivity index (χ1n) is 10.3. The summed E-state index contributed by atoms with van der Waals surface area (Å²) in [6, 6.07) is 21.3. The maximum atomic E-state index is 12.8. The molecular weight excluding hydrogens is 346 g/mol. The molecule has 0 fully saturated rings. The first kappa shape index (κ1) is 22.2. The lowest BCUT2D eigenvalue weighted by molar-refractivity contribution is -0.162. The summed E-state index contributed by atoms with van der Waals surface area (Å²) < 4.78 is 5.70. The normalized spacial score (nSPS) is 15.1. The molecule has 0 spiro atoms. The molecule has 152 valence electrons. The number of carbonyl (C=O) groups excluding carboxylic acids is 1. The number of nitrogens with zero attached hydrogens (tertiary/aromatic N) is 1. The van der Waals surface area contributed by atoms with Crippen molar-refractivity contribution in [3.05, 3.63) is 71.8 Å². The second-order valence-electron chi connectivity index (χ2n) is 8.54. The zero-order chi connectivity index (χ0) is 20.7. The molecule has 0 bridgehead atoms. The molecule has 3 atom stereocenters. The van der Waals surface area contributed by atoms with E-state index in [-0.39, 0.29) is 24.0 Å². The van der Waals surface area contributed by atoms with Crippen LogP contribution < -0.4 is 0 Å². The van der Waals surface area contributed by atoms with E-state index < -0.39 is 5.60 Å². The van der Waals surface area contributed by atoms with Gasteiger partial charge in [-0.25, -0.2) is 0 Å². The fourth-order valence-corrected chi connectivity index (χ4v) is 3.69. The number of ether oxygens (including phenoxy) is 1. The summed E-state index contributed by atoms with van der Waals surface area (Å²) in [7, 11) is 0. The van der Waals surface area contributed by atoms with E-state index >= 15 is 0 Å². The van der Waals surface area contributed by atoms with Gasteiger partial charge < -0.3 is 4.74 Å². The Morgan fingerprint density at radius 1 is 0.964 bits per heavy atom. The van der Waals surface area contributed by atoms with E-state index in [1.807, 2.05) is 39.8 Å². The Labute approximate surface area is 170 Å². The minimum Gasteiger partial charge on any atom is -0.460 e. The Bertz CT molecular complexity index is 721. The standard InChI is InChI=1S/C25H35NO2/c1-7-23(19(2)24(27)28-25(4,5)6)26(18-21-14-10-8-11-15-21)20(3)22-16-12-9-13-17-22/h8-17,19-20,23H,7,18H2,1-6H3/t19-,20-,23-/m1/s1. The van der Waals surface area contributed by atoms with Crippen LogP contribution >= 0.6 is 0 Å². The second kappa shape index (κ2) is 9.88. The highest BCUT2D eigenvalue weighted by atomic mass is 16.6. The molecule has 3 heteroatoms. The van der Waals surface area contributed by atoms with Crippen molar-refractivity contribution in [3.8, 4) is 0 Å². The van der Waals surface area contributed by atoms with Crippen molar-refractivity contribution in [1.29, 1.82) is 0 Å². The maximum absolute atomic E-state index is 12.8. The third-order valence-corrected chi connectivity index (χ3v) is 5.19. The van der Waals surface area contributed by atoms with Crippen LogP contribution in [-0.2, 0) is 16.1 Å². The van der Waals surface area contributed by atoms with Gasteiger partial charge in [0.05, 0.1) is 5.92 Å². The Hall–Kier alpha value is -2.13.